The predicted molar refractivity (Wildman–Crippen MR) is 206 cm³/mol. The van der Waals surface area contributed by atoms with Crippen LogP contribution in [0.25, 0.3) is 55.5 Å². The molecule has 51 heavy (non-hydrogen) atoms. The van der Waals surface area contributed by atoms with Gasteiger partial charge in [-0.15, -0.1) is 11.6 Å². The minimum atomic E-state index is -0.0509. The summed E-state index contributed by atoms with van der Waals surface area (Å²) in [5.41, 5.74) is 9.38. The summed E-state index contributed by atoms with van der Waals surface area (Å²) in [6.07, 6.45) is 1.71. The summed E-state index contributed by atoms with van der Waals surface area (Å²) >= 11 is 0. The normalized spacial score (nSPS) is 11.6. The van der Waals surface area contributed by atoms with E-state index >= 15 is 0 Å². The van der Waals surface area contributed by atoms with Gasteiger partial charge < -0.3 is 9.84 Å². The summed E-state index contributed by atoms with van der Waals surface area (Å²) in [5.74, 6) is 1.19. The van der Waals surface area contributed by atoms with Gasteiger partial charge in [0.2, 0.25) is 5.88 Å². The summed E-state index contributed by atoms with van der Waals surface area (Å²) < 4.78 is 6.34. The van der Waals surface area contributed by atoms with Crippen LogP contribution in [-0.2, 0) is 31.9 Å². The molecule has 0 aliphatic carbocycles. The van der Waals surface area contributed by atoms with Gasteiger partial charge in [0.15, 0.2) is 0 Å². The van der Waals surface area contributed by atoms with Gasteiger partial charge in [0.25, 0.3) is 0 Å². The number of nitrogens with zero attached hydrogens (tertiary/aromatic N) is 2. The van der Waals surface area contributed by atoms with E-state index in [1.54, 1.807) is 12.3 Å². The smallest absolute Gasteiger partial charge is 0.217 e. The molecule has 0 unspecified atom stereocenters. The van der Waals surface area contributed by atoms with E-state index in [0.29, 0.717) is 28.6 Å². The molecule has 0 aliphatic rings. The maximum Gasteiger partial charge on any atom is 0.217 e. The Morgan fingerprint density at radius 3 is 1.92 bits per heavy atom. The van der Waals surface area contributed by atoms with Gasteiger partial charge >= 0.3 is 0 Å². The number of rotatable bonds is 6. The minimum Gasteiger partial charge on any atom is -0.507 e. The van der Waals surface area contributed by atoms with Crippen LogP contribution in [0.1, 0.15) is 52.7 Å². The van der Waals surface area contributed by atoms with Crippen molar-refractivity contribution in [3.63, 3.8) is 0 Å². The van der Waals surface area contributed by atoms with Crippen LogP contribution in [-0.4, -0.2) is 15.1 Å². The molecule has 0 aliphatic heterocycles. The average Bonchev–Trinajstić information content (AvgIpc) is 3.11. The average molecular weight is 849 g/mol. The molecule has 2 aromatic heterocycles. The summed E-state index contributed by atoms with van der Waals surface area (Å²) in [5, 5.41) is 13.3. The number of phenolic OH excluding ortho intramolecular Hbond substituents is 1. The Balaban J connectivity index is 0.00000448. The van der Waals surface area contributed by atoms with Gasteiger partial charge in [-0.25, -0.2) is 4.98 Å². The summed E-state index contributed by atoms with van der Waals surface area (Å²) in [6, 6.07) is 46.5. The predicted octanol–water partition coefficient (Wildman–Crippen LogP) is 12.2. The van der Waals surface area contributed by atoms with Gasteiger partial charge in [0, 0.05) is 44.6 Å². The van der Waals surface area contributed by atoms with E-state index in [0.717, 1.165) is 38.6 Å². The maximum atomic E-state index is 11.0. The number of pyridine rings is 2. The first-order chi connectivity index (χ1) is 23.9. The molecule has 5 aromatic carbocycles. The van der Waals surface area contributed by atoms with Gasteiger partial charge in [-0.1, -0.05) is 144 Å². The molecule has 0 radical (unpaired) electrons. The Kier molecular flexibility index (Phi) is 10.0. The first kappa shape index (κ1) is 35.8. The van der Waals surface area contributed by atoms with Crippen LogP contribution in [0.3, 0.4) is 0 Å². The fourth-order valence-corrected chi connectivity index (χ4v) is 6.21. The van der Waals surface area contributed by atoms with E-state index < -0.39 is 0 Å². The number of ether oxygens (including phenoxy) is 1. The van der Waals surface area contributed by atoms with Crippen LogP contribution in [0.5, 0.6) is 17.4 Å². The molecule has 258 valence electrons. The van der Waals surface area contributed by atoms with E-state index in [4.69, 9.17) is 9.72 Å². The standard InChI is InChI=1S/C46H41N2O2.Pt/c1-45(2,3)35-23-31(24-36(29-35)46(4,5)6)32-27-41(48-42(28-32)40-17-9-10-19-43(40)49)34-22-33(25-37(26-34)50-44-20-11-12-21-47-44)39-18-13-15-30-14-7-8-16-38(30)39;/h7-25,27-29,49H,1-6H3;/q-1;. The number of benzene rings is 5. The summed E-state index contributed by atoms with van der Waals surface area (Å²) in [4.78, 5) is 9.60. The topological polar surface area (TPSA) is 55.2 Å². The van der Waals surface area contributed by atoms with E-state index in [-0.39, 0.29) is 37.6 Å². The van der Waals surface area contributed by atoms with Crippen LogP contribution >= 0.6 is 0 Å². The van der Waals surface area contributed by atoms with E-state index in [1.807, 2.05) is 42.5 Å². The Morgan fingerprint density at radius 1 is 0.588 bits per heavy atom. The number of fused-ring (bicyclic) bond motifs is 1. The van der Waals surface area contributed by atoms with Gasteiger partial charge in [-0.3, -0.25) is 4.98 Å². The molecule has 7 rings (SSSR count). The molecule has 0 amide bonds. The molecule has 1 N–H and O–H groups in total. The molecule has 0 fully saturated rings. The van der Waals surface area contributed by atoms with Gasteiger partial charge in [-0.05, 0) is 79.4 Å². The van der Waals surface area contributed by atoms with Crippen molar-refractivity contribution in [1.29, 1.82) is 0 Å². The monoisotopic (exact) mass is 848 g/mol. The fraction of sp³-hybridized carbons (Fsp3) is 0.174. The molecule has 0 saturated heterocycles. The van der Waals surface area contributed by atoms with Crippen molar-refractivity contribution in [2.75, 3.05) is 0 Å². The van der Waals surface area contributed by atoms with Crippen LogP contribution < -0.4 is 4.74 Å². The molecule has 0 saturated carbocycles. The number of aromatic nitrogens is 2. The zero-order valence-corrected chi connectivity index (χ0v) is 32.0. The summed E-state index contributed by atoms with van der Waals surface area (Å²) in [6.45, 7) is 13.5. The van der Waals surface area contributed by atoms with E-state index in [9.17, 15) is 5.11 Å². The van der Waals surface area contributed by atoms with Crippen LogP contribution in [0.4, 0.5) is 0 Å². The van der Waals surface area contributed by atoms with Crippen molar-refractivity contribution in [3.8, 4) is 62.1 Å². The number of hydrogen-bond acceptors (Lipinski definition) is 4. The maximum absolute atomic E-state index is 11.0. The molecule has 4 nitrogen and oxygen atoms in total. The second kappa shape index (κ2) is 14.3. The molecule has 7 aromatic rings. The van der Waals surface area contributed by atoms with Crippen LogP contribution in [0.2, 0.25) is 0 Å². The molecule has 2 heterocycles. The molecule has 0 bridgehead atoms. The van der Waals surface area contributed by atoms with Crippen molar-refractivity contribution < 1.29 is 30.9 Å². The Bertz CT molecular complexity index is 2300. The Labute approximate surface area is 315 Å². The zero-order valence-electron chi connectivity index (χ0n) is 29.8. The van der Waals surface area contributed by atoms with Crippen molar-refractivity contribution in [1.82, 2.24) is 9.97 Å². The molecule has 5 heteroatoms. The van der Waals surface area contributed by atoms with E-state index in [1.165, 1.54) is 11.1 Å². The van der Waals surface area contributed by atoms with Crippen molar-refractivity contribution >= 4 is 10.8 Å². The zero-order chi connectivity index (χ0) is 35.0. The van der Waals surface area contributed by atoms with Crippen molar-refractivity contribution in [2.45, 2.75) is 52.4 Å². The molecular weight excluding hydrogens is 808 g/mol. The first-order valence-corrected chi connectivity index (χ1v) is 17.0. The SMILES string of the molecule is CC(C)(C)c1cc(-c2cc(-c3[c-]c(Oc4ccccn4)cc(-c4cccc5ccccc45)c3)nc(-c3ccccc3O)c2)cc(C(C)(C)C)c1.[Pt]. The van der Waals surface area contributed by atoms with Crippen LogP contribution in [0.15, 0.2) is 134 Å². The molecule has 0 atom stereocenters. The first-order valence-electron chi connectivity index (χ1n) is 17.0. The van der Waals surface area contributed by atoms with Gasteiger partial charge in [0.05, 0.1) is 5.69 Å². The quantitative estimate of drug-likeness (QED) is 0.169. The minimum absolute atomic E-state index is 0. The second-order valence-electron chi connectivity index (χ2n) is 14.9. The van der Waals surface area contributed by atoms with Crippen molar-refractivity contribution in [2.24, 2.45) is 0 Å². The number of hydrogen-bond donors (Lipinski definition) is 1. The number of phenols is 1. The Hall–Kier alpha value is -5.05. The van der Waals surface area contributed by atoms with Crippen LogP contribution in [0, 0.1) is 6.07 Å². The summed E-state index contributed by atoms with van der Waals surface area (Å²) in [7, 11) is 0. The largest absolute Gasteiger partial charge is 0.507 e. The third kappa shape index (κ3) is 7.82. The third-order valence-electron chi connectivity index (χ3n) is 9.08. The number of aromatic hydroxyl groups is 1. The fourth-order valence-electron chi connectivity index (χ4n) is 6.21. The molecular formula is C46H41N2O2Pt-. The second-order valence-corrected chi connectivity index (χ2v) is 14.9. The third-order valence-corrected chi connectivity index (χ3v) is 9.08. The van der Waals surface area contributed by atoms with Crippen molar-refractivity contribution in [3.05, 3.63) is 151 Å². The Morgan fingerprint density at radius 2 is 1.22 bits per heavy atom. The number of para-hydroxylation sites is 1. The van der Waals surface area contributed by atoms with E-state index in [2.05, 4.69) is 131 Å². The van der Waals surface area contributed by atoms with Gasteiger partial charge in [-0.2, -0.15) is 0 Å². The van der Waals surface area contributed by atoms with Gasteiger partial charge in [0.1, 0.15) is 5.75 Å². The molecule has 0 spiro atoms.